The second kappa shape index (κ2) is 5.77. The zero-order chi connectivity index (χ0) is 12.1. The van der Waals surface area contributed by atoms with Gasteiger partial charge in [0.15, 0.2) is 0 Å². The smallest absolute Gasteiger partial charge is 0.131 e. The van der Waals surface area contributed by atoms with E-state index in [1.54, 1.807) is 30.5 Å². The van der Waals surface area contributed by atoms with Gasteiger partial charge >= 0.3 is 0 Å². The predicted molar refractivity (Wildman–Crippen MR) is 67.5 cm³/mol. The number of aliphatic hydroxyl groups is 1. The molecule has 0 aliphatic rings. The van der Waals surface area contributed by atoms with E-state index in [2.05, 4.69) is 10.3 Å². The number of aromatic nitrogens is 1. The monoisotopic (exact) mass is 248 g/mol. The molecule has 0 radical (unpaired) electrons. The van der Waals surface area contributed by atoms with E-state index in [1.165, 1.54) is 0 Å². The van der Waals surface area contributed by atoms with Crippen molar-refractivity contribution in [3.8, 4) is 0 Å². The molecule has 2 rings (SSSR count). The lowest BCUT2D eigenvalue weighted by atomic mass is 10.2. The molecular formula is C13H13ClN2O. The number of aliphatic hydroxyl groups excluding tert-OH is 1. The van der Waals surface area contributed by atoms with Crippen LogP contribution in [0.5, 0.6) is 0 Å². The van der Waals surface area contributed by atoms with E-state index in [4.69, 9.17) is 11.6 Å². The van der Waals surface area contributed by atoms with Gasteiger partial charge in [-0.3, -0.25) is 10.3 Å². The van der Waals surface area contributed by atoms with E-state index in [0.29, 0.717) is 11.6 Å². The molecule has 0 saturated carbocycles. The van der Waals surface area contributed by atoms with Crippen LogP contribution in [0, 0.1) is 0 Å². The molecule has 4 heteroatoms. The number of hydrogen-bond donors (Lipinski definition) is 2. The molecule has 0 amide bonds. The number of rotatable bonds is 4. The molecule has 1 heterocycles. The summed E-state index contributed by atoms with van der Waals surface area (Å²) >= 11 is 5.78. The van der Waals surface area contributed by atoms with E-state index in [9.17, 15) is 5.11 Å². The maximum absolute atomic E-state index is 9.89. The quantitative estimate of drug-likeness (QED) is 0.818. The molecule has 1 aromatic heterocycles. The molecule has 1 atom stereocenters. The summed E-state index contributed by atoms with van der Waals surface area (Å²) in [6.07, 6.45) is 1.01. The minimum absolute atomic E-state index is 0.518. The topological polar surface area (TPSA) is 45.1 Å². The largest absolute Gasteiger partial charge is 0.374 e. The summed E-state index contributed by atoms with van der Waals surface area (Å²) < 4.78 is 0. The molecular weight excluding hydrogens is 236 g/mol. The van der Waals surface area contributed by atoms with Gasteiger partial charge in [0.1, 0.15) is 6.23 Å². The van der Waals surface area contributed by atoms with Crippen molar-refractivity contribution in [3.63, 3.8) is 0 Å². The van der Waals surface area contributed by atoms with Crippen LogP contribution in [0.2, 0.25) is 5.02 Å². The van der Waals surface area contributed by atoms with E-state index >= 15 is 0 Å². The van der Waals surface area contributed by atoms with E-state index < -0.39 is 6.23 Å². The lowest BCUT2D eigenvalue weighted by Gasteiger charge is -2.12. The Morgan fingerprint density at radius 3 is 2.59 bits per heavy atom. The molecule has 1 aromatic carbocycles. The molecule has 0 aliphatic heterocycles. The maximum atomic E-state index is 9.89. The fourth-order valence-corrected chi connectivity index (χ4v) is 1.59. The van der Waals surface area contributed by atoms with Crippen molar-refractivity contribution < 1.29 is 5.11 Å². The van der Waals surface area contributed by atoms with Crippen molar-refractivity contribution in [3.05, 3.63) is 64.9 Å². The first-order chi connectivity index (χ1) is 8.25. The molecule has 0 spiro atoms. The highest BCUT2D eigenvalue weighted by atomic mass is 35.5. The third kappa shape index (κ3) is 3.53. The van der Waals surface area contributed by atoms with Gasteiger partial charge < -0.3 is 5.11 Å². The average molecular weight is 249 g/mol. The third-order valence-electron chi connectivity index (χ3n) is 2.39. The summed E-state index contributed by atoms with van der Waals surface area (Å²) in [5.41, 5.74) is 1.67. The summed E-state index contributed by atoms with van der Waals surface area (Å²) in [5, 5.41) is 13.5. The van der Waals surface area contributed by atoms with Gasteiger partial charge in [0.05, 0.1) is 5.69 Å². The first kappa shape index (κ1) is 12.0. The highest BCUT2D eigenvalue weighted by Gasteiger charge is 2.06. The summed E-state index contributed by atoms with van der Waals surface area (Å²) in [5.74, 6) is 0. The molecule has 17 heavy (non-hydrogen) atoms. The fraction of sp³-hybridized carbons (Fsp3) is 0.154. The van der Waals surface area contributed by atoms with Gasteiger partial charge in [-0.1, -0.05) is 29.8 Å². The zero-order valence-corrected chi connectivity index (χ0v) is 9.93. The van der Waals surface area contributed by atoms with Gasteiger partial charge in [-0.25, -0.2) is 0 Å². The Labute approximate surface area is 105 Å². The Bertz CT molecular complexity index is 459. The van der Waals surface area contributed by atoms with Crippen LogP contribution in [0.1, 0.15) is 17.5 Å². The Hall–Kier alpha value is -1.42. The van der Waals surface area contributed by atoms with Crippen LogP contribution >= 0.6 is 11.6 Å². The van der Waals surface area contributed by atoms with Gasteiger partial charge in [-0.15, -0.1) is 0 Å². The summed E-state index contributed by atoms with van der Waals surface area (Å²) in [6, 6.07) is 12.8. The molecule has 0 unspecified atom stereocenters. The van der Waals surface area contributed by atoms with Crippen LogP contribution in [0.4, 0.5) is 0 Å². The lowest BCUT2D eigenvalue weighted by molar-refractivity contribution is 0.136. The van der Waals surface area contributed by atoms with E-state index in [-0.39, 0.29) is 0 Å². The molecule has 0 bridgehead atoms. The van der Waals surface area contributed by atoms with Crippen LogP contribution < -0.4 is 5.32 Å². The molecule has 3 nitrogen and oxygen atoms in total. The molecule has 2 aromatic rings. The van der Waals surface area contributed by atoms with Crippen molar-refractivity contribution in [2.24, 2.45) is 0 Å². The van der Waals surface area contributed by atoms with Crippen molar-refractivity contribution in [1.82, 2.24) is 10.3 Å². The van der Waals surface area contributed by atoms with E-state index in [1.807, 2.05) is 18.2 Å². The molecule has 2 N–H and O–H groups in total. The maximum Gasteiger partial charge on any atom is 0.131 e. The highest BCUT2D eigenvalue weighted by Crippen LogP contribution is 2.14. The summed E-state index contributed by atoms with van der Waals surface area (Å²) in [7, 11) is 0. The van der Waals surface area contributed by atoms with Crippen LogP contribution in [0.3, 0.4) is 0 Å². The second-order valence-corrected chi connectivity index (χ2v) is 4.09. The average Bonchev–Trinajstić information content (AvgIpc) is 2.38. The zero-order valence-electron chi connectivity index (χ0n) is 9.18. The van der Waals surface area contributed by atoms with Crippen LogP contribution in [-0.2, 0) is 6.54 Å². The third-order valence-corrected chi connectivity index (χ3v) is 2.64. The Morgan fingerprint density at radius 2 is 1.94 bits per heavy atom. The fourth-order valence-electron chi connectivity index (χ4n) is 1.47. The standard InChI is InChI=1S/C13H13ClN2O/c14-11-6-4-10(5-7-11)13(17)16-9-12-3-1-2-8-15-12/h1-8,13,16-17H,9H2/t13-/m1/s1. The van der Waals surface area contributed by atoms with Crippen LogP contribution in [-0.4, -0.2) is 10.1 Å². The second-order valence-electron chi connectivity index (χ2n) is 3.66. The summed E-state index contributed by atoms with van der Waals surface area (Å²) in [6.45, 7) is 0.518. The number of halogens is 1. The Morgan fingerprint density at radius 1 is 1.18 bits per heavy atom. The van der Waals surface area contributed by atoms with Crippen LogP contribution in [0.15, 0.2) is 48.7 Å². The highest BCUT2D eigenvalue weighted by molar-refractivity contribution is 6.30. The van der Waals surface area contributed by atoms with Crippen molar-refractivity contribution in [2.45, 2.75) is 12.8 Å². The molecule has 0 aliphatic carbocycles. The van der Waals surface area contributed by atoms with Crippen LogP contribution in [0.25, 0.3) is 0 Å². The minimum Gasteiger partial charge on any atom is -0.374 e. The number of nitrogens with one attached hydrogen (secondary N) is 1. The summed E-state index contributed by atoms with van der Waals surface area (Å²) in [4.78, 5) is 4.16. The van der Waals surface area contributed by atoms with Gasteiger partial charge in [-0.05, 0) is 29.8 Å². The lowest BCUT2D eigenvalue weighted by Crippen LogP contribution is -2.20. The number of benzene rings is 1. The van der Waals surface area contributed by atoms with Gasteiger partial charge in [-0.2, -0.15) is 0 Å². The van der Waals surface area contributed by atoms with E-state index in [0.717, 1.165) is 11.3 Å². The number of pyridine rings is 1. The van der Waals surface area contributed by atoms with Crippen molar-refractivity contribution >= 4 is 11.6 Å². The normalized spacial score (nSPS) is 12.4. The number of hydrogen-bond acceptors (Lipinski definition) is 3. The van der Waals surface area contributed by atoms with Gasteiger partial charge in [0.2, 0.25) is 0 Å². The molecule has 0 fully saturated rings. The first-order valence-electron chi connectivity index (χ1n) is 5.32. The Kier molecular flexibility index (Phi) is 4.09. The van der Waals surface area contributed by atoms with Gasteiger partial charge in [0, 0.05) is 17.8 Å². The Balaban J connectivity index is 1.93. The molecule has 0 saturated heterocycles. The minimum atomic E-state index is -0.714. The predicted octanol–water partition coefficient (Wildman–Crippen LogP) is 2.52. The SMILES string of the molecule is O[C@@H](NCc1ccccn1)c1ccc(Cl)cc1. The van der Waals surface area contributed by atoms with Crippen molar-refractivity contribution in [1.29, 1.82) is 0 Å². The number of nitrogens with zero attached hydrogens (tertiary/aromatic N) is 1. The molecule has 88 valence electrons. The first-order valence-corrected chi connectivity index (χ1v) is 5.70. The van der Waals surface area contributed by atoms with Crippen molar-refractivity contribution in [2.75, 3.05) is 0 Å². The van der Waals surface area contributed by atoms with Gasteiger partial charge in [0.25, 0.3) is 0 Å².